The number of halogens is 2. The van der Waals surface area contributed by atoms with E-state index in [9.17, 15) is 24.6 Å². The highest BCUT2D eigenvalue weighted by Gasteiger charge is 2.62. The number of hydrogen-bond donors (Lipinski definition) is 4. The van der Waals surface area contributed by atoms with E-state index in [1.165, 1.54) is 13.8 Å². The van der Waals surface area contributed by atoms with Crippen LogP contribution < -0.4 is 11.1 Å². The second-order valence-electron chi connectivity index (χ2n) is 6.46. The molecule has 24 heavy (non-hydrogen) atoms. The molecule has 1 aliphatic heterocycles. The zero-order valence-corrected chi connectivity index (χ0v) is 14.6. The number of hydrogen-bond acceptors (Lipinski definition) is 7. The number of nitrogens with one attached hydrogen (secondary N) is 1. The largest absolute Gasteiger partial charge is 0.454 e. The van der Waals surface area contributed by atoms with Crippen molar-refractivity contribution in [3.05, 3.63) is 0 Å². The molecule has 0 aromatic heterocycles. The Bertz CT molecular complexity index is 557. The molecule has 0 aromatic carbocycles. The standard InChI is InChI=1S/C14H20Cl2N2O6/c1-4(17)11(22)18-10-8-7(5(19)3-6(20)9(8)21)12(23)24-14(10,2)13(15)16/h4,6-10,13,20-21H,3,17H2,1-2H3,(H,18,22). The molecular formula is C14H20Cl2N2O6. The molecule has 8 nitrogen and oxygen atoms in total. The van der Waals surface area contributed by atoms with E-state index in [4.69, 9.17) is 33.7 Å². The Hall–Kier alpha value is -0.930. The summed E-state index contributed by atoms with van der Waals surface area (Å²) in [6.07, 6.45) is -3.19. The number of Topliss-reactive ketones (excluding diaryl/α,β-unsaturated/α-hetero) is 1. The van der Waals surface area contributed by atoms with Crippen molar-refractivity contribution in [3.63, 3.8) is 0 Å². The van der Waals surface area contributed by atoms with Gasteiger partial charge in [0.1, 0.15) is 16.5 Å². The SMILES string of the molecule is CC(N)C(=O)NC1C2C(C(=O)CC(O)C2O)C(=O)OC1(C)C(Cl)Cl. The molecule has 1 saturated heterocycles. The van der Waals surface area contributed by atoms with Crippen LogP contribution in [0.3, 0.4) is 0 Å². The van der Waals surface area contributed by atoms with Crippen molar-refractivity contribution in [2.45, 2.75) is 55.0 Å². The molecular weight excluding hydrogens is 363 g/mol. The fraction of sp³-hybridized carbons (Fsp3) is 0.786. The van der Waals surface area contributed by atoms with Crippen LogP contribution in [0, 0.1) is 11.8 Å². The number of nitrogens with two attached hydrogens (primary N) is 1. The van der Waals surface area contributed by atoms with Gasteiger partial charge >= 0.3 is 5.97 Å². The number of ether oxygens (including phenoxy) is 1. The second-order valence-corrected chi connectivity index (χ2v) is 7.56. The van der Waals surface area contributed by atoms with E-state index < -0.39 is 64.2 Å². The Kier molecular flexibility index (Phi) is 5.46. The highest BCUT2D eigenvalue weighted by molar-refractivity contribution is 6.45. The van der Waals surface area contributed by atoms with E-state index >= 15 is 0 Å². The van der Waals surface area contributed by atoms with Crippen LogP contribution in [0.15, 0.2) is 0 Å². The Labute approximate surface area is 148 Å². The zero-order chi connectivity index (χ0) is 18.4. The number of carbonyl (C=O) groups excluding carboxylic acids is 3. The van der Waals surface area contributed by atoms with Gasteiger partial charge in [-0.25, -0.2) is 0 Å². The molecule has 7 unspecified atom stereocenters. The monoisotopic (exact) mass is 382 g/mol. The zero-order valence-electron chi connectivity index (χ0n) is 13.1. The predicted octanol–water partition coefficient (Wildman–Crippen LogP) is -1.14. The van der Waals surface area contributed by atoms with Gasteiger partial charge in [0.25, 0.3) is 0 Å². The molecule has 0 bridgehead atoms. The summed E-state index contributed by atoms with van der Waals surface area (Å²) in [6.45, 7) is 2.82. The Balaban J connectivity index is 2.49. The molecule has 2 fully saturated rings. The first-order valence-electron chi connectivity index (χ1n) is 7.46. The summed E-state index contributed by atoms with van der Waals surface area (Å²) in [5.74, 6) is -4.52. The topological polar surface area (TPSA) is 139 Å². The van der Waals surface area contributed by atoms with Gasteiger partial charge in [-0.2, -0.15) is 0 Å². The Morgan fingerprint density at radius 3 is 2.50 bits per heavy atom. The number of aliphatic hydroxyl groups is 2. The summed E-state index contributed by atoms with van der Waals surface area (Å²) in [5.41, 5.74) is 3.93. The summed E-state index contributed by atoms with van der Waals surface area (Å²) in [5, 5.41) is 22.8. The third-order valence-electron chi connectivity index (χ3n) is 4.65. The van der Waals surface area contributed by atoms with Crippen LogP contribution in [0.1, 0.15) is 20.3 Å². The summed E-state index contributed by atoms with van der Waals surface area (Å²) in [6, 6.07) is -2.00. The number of amides is 1. The number of aliphatic hydroxyl groups excluding tert-OH is 2. The van der Waals surface area contributed by atoms with Gasteiger partial charge in [0.05, 0.1) is 24.3 Å². The van der Waals surface area contributed by atoms with Crippen LogP contribution in [0.2, 0.25) is 0 Å². The molecule has 1 aliphatic carbocycles. The number of rotatable bonds is 3. The van der Waals surface area contributed by atoms with E-state index in [1.807, 2.05) is 0 Å². The van der Waals surface area contributed by atoms with Crippen molar-refractivity contribution >= 4 is 40.9 Å². The van der Waals surface area contributed by atoms with E-state index in [0.29, 0.717) is 0 Å². The van der Waals surface area contributed by atoms with Gasteiger partial charge < -0.3 is 26.0 Å². The number of fused-ring (bicyclic) bond motifs is 1. The molecule has 1 amide bonds. The minimum Gasteiger partial charge on any atom is -0.454 e. The lowest BCUT2D eigenvalue weighted by Gasteiger charge is -2.52. The van der Waals surface area contributed by atoms with Crippen LogP contribution in [0.25, 0.3) is 0 Å². The highest BCUT2D eigenvalue weighted by atomic mass is 35.5. The highest BCUT2D eigenvalue weighted by Crippen LogP contribution is 2.44. The van der Waals surface area contributed by atoms with Gasteiger partial charge in [-0.05, 0) is 13.8 Å². The molecule has 2 aliphatic rings. The number of carbonyl (C=O) groups is 3. The molecule has 1 saturated carbocycles. The fourth-order valence-electron chi connectivity index (χ4n) is 3.23. The molecule has 10 heteroatoms. The van der Waals surface area contributed by atoms with Gasteiger partial charge in [-0.15, -0.1) is 23.2 Å². The quantitative estimate of drug-likeness (QED) is 0.275. The third-order valence-corrected chi connectivity index (χ3v) is 5.52. The van der Waals surface area contributed by atoms with Crippen molar-refractivity contribution in [2.24, 2.45) is 17.6 Å². The van der Waals surface area contributed by atoms with Gasteiger partial charge in [0, 0.05) is 12.3 Å². The maximum atomic E-state index is 12.3. The minimum atomic E-state index is -1.61. The van der Waals surface area contributed by atoms with Crippen LogP contribution >= 0.6 is 23.2 Å². The Morgan fingerprint density at radius 2 is 2.00 bits per heavy atom. The summed E-state index contributed by atoms with van der Waals surface area (Å²) < 4.78 is 5.28. The maximum Gasteiger partial charge on any atom is 0.317 e. The van der Waals surface area contributed by atoms with E-state index in [-0.39, 0.29) is 6.42 Å². The first kappa shape index (κ1) is 19.4. The van der Waals surface area contributed by atoms with Crippen molar-refractivity contribution in [2.75, 3.05) is 0 Å². The summed E-state index contributed by atoms with van der Waals surface area (Å²) in [4.78, 5) is 35.2. The lowest BCUT2D eigenvalue weighted by atomic mass is 9.66. The van der Waals surface area contributed by atoms with E-state index in [2.05, 4.69) is 5.32 Å². The van der Waals surface area contributed by atoms with Crippen molar-refractivity contribution < 1.29 is 29.3 Å². The number of cyclic esters (lactones) is 1. The predicted molar refractivity (Wildman–Crippen MR) is 84.2 cm³/mol. The summed E-state index contributed by atoms with van der Waals surface area (Å²) in [7, 11) is 0. The van der Waals surface area contributed by atoms with E-state index in [0.717, 1.165) is 0 Å². The van der Waals surface area contributed by atoms with Gasteiger partial charge in [-0.3, -0.25) is 14.4 Å². The fourth-order valence-corrected chi connectivity index (χ4v) is 3.59. The number of esters is 1. The van der Waals surface area contributed by atoms with Gasteiger partial charge in [-0.1, -0.05) is 0 Å². The normalized spacial score (nSPS) is 40.8. The third kappa shape index (κ3) is 3.13. The second kappa shape index (κ2) is 6.76. The molecule has 136 valence electrons. The van der Waals surface area contributed by atoms with Gasteiger partial charge in [0.15, 0.2) is 5.60 Å². The Morgan fingerprint density at radius 1 is 1.42 bits per heavy atom. The molecule has 2 rings (SSSR count). The molecule has 1 heterocycles. The maximum absolute atomic E-state index is 12.3. The van der Waals surface area contributed by atoms with Crippen LogP contribution in [-0.2, 0) is 19.1 Å². The van der Waals surface area contributed by atoms with Crippen molar-refractivity contribution in [1.82, 2.24) is 5.32 Å². The van der Waals surface area contributed by atoms with Crippen LogP contribution in [0.4, 0.5) is 0 Å². The van der Waals surface area contributed by atoms with Crippen LogP contribution in [0.5, 0.6) is 0 Å². The molecule has 0 aromatic rings. The molecule has 5 N–H and O–H groups in total. The molecule has 7 atom stereocenters. The van der Waals surface area contributed by atoms with Gasteiger partial charge in [0.2, 0.25) is 5.91 Å². The lowest BCUT2D eigenvalue weighted by Crippen LogP contribution is -2.72. The molecule has 0 spiro atoms. The van der Waals surface area contributed by atoms with Crippen molar-refractivity contribution in [3.8, 4) is 0 Å². The average molecular weight is 383 g/mol. The van der Waals surface area contributed by atoms with E-state index in [1.54, 1.807) is 0 Å². The smallest absolute Gasteiger partial charge is 0.317 e. The lowest BCUT2D eigenvalue weighted by molar-refractivity contribution is -0.201. The molecule has 0 radical (unpaired) electrons. The summed E-state index contributed by atoms with van der Waals surface area (Å²) >= 11 is 11.9. The minimum absolute atomic E-state index is 0.382. The number of ketones is 1. The first-order chi connectivity index (χ1) is 11.0. The first-order valence-corrected chi connectivity index (χ1v) is 8.33. The average Bonchev–Trinajstić information content (AvgIpc) is 2.46. The van der Waals surface area contributed by atoms with Crippen molar-refractivity contribution in [1.29, 1.82) is 0 Å². The number of alkyl halides is 2. The van der Waals surface area contributed by atoms with Crippen LogP contribution in [-0.4, -0.2) is 62.6 Å².